The summed E-state index contributed by atoms with van der Waals surface area (Å²) in [6.07, 6.45) is -1.05. The lowest BCUT2D eigenvalue weighted by molar-refractivity contribution is -0.123. The van der Waals surface area contributed by atoms with Gasteiger partial charge < -0.3 is 30.3 Å². The molecule has 1 aromatic carbocycles. The van der Waals surface area contributed by atoms with E-state index >= 15 is 0 Å². The molecule has 9 heteroatoms. The van der Waals surface area contributed by atoms with Gasteiger partial charge in [0.15, 0.2) is 11.5 Å². The topological polar surface area (TPSA) is 100 Å². The first kappa shape index (κ1) is 19.1. The summed E-state index contributed by atoms with van der Waals surface area (Å²) in [6.45, 7) is 1.31. The molecule has 1 amide bonds. The predicted octanol–water partition coefficient (Wildman–Crippen LogP) is 0.405. The molecule has 1 aromatic rings. The number of benzene rings is 1. The third-order valence-corrected chi connectivity index (χ3v) is 4.18. The Balaban J connectivity index is 0.00000208. The van der Waals surface area contributed by atoms with Crippen molar-refractivity contribution in [3.05, 3.63) is 22.7 Å². The van der Waals surface area contributed by atoms with E-state index in [1.165, 1.54) is 0 Å². The number of hydrogen-bond donors (Lipinski definition) is 4. The van der Waals surface area contributed by atoms with Crippen molar-refractivity contribution in [1.29, 1.82) is 0 Å². The molecule has 3 rings (SSSR count). The van der Waals surface area contributed by atoms with Crippen LogP contribution in [0.5, 0.6) is 11.5 Å². The lowest BCUT2D eigenvalue weighted by atomic mass is 10.1. The highest BCUT2D eigenvalue weighted by Gasteiger charge is 2.28. The zero-order valence-corrected chi connectivity index (χ0v) is 14.4. The summed E-state index contributed by atoms with van der Waals surface area (Å²) in [6, 6.07) is 2.83. The maximum absolute atomic E-state index is 12.0. The molecule has 7 nitrogen and oxygen atoms in total. The Labute approximate surface area is 150 Å². The summed E-state index contributed by atoms with van der Waals surface area (Å²) in [7, 11) is 0. The summed E-state index contributed by atoms with van der Waals surface area (Å²) in [5, 5.41) is 25.6. The molecular weight excluding hydrogens is 359 g/mol. The Morgan fingerprint density at radius 3 is 2.88 bits per heavy atom. The van der Waals surface area contributed by atoms with Crippen LogP contribution in [0.15, 0.2) is 12.1 Å². The van der Waals surface area contributed by atoms with Gasteiger partial charge in [-0.2, -0.15) is 0 Å². The molecule has 0 bridgehead atoms. The van der Waals surface area contributed by atoms with E-state index in [1.54, 1.807) is 12.1 Å². The van der Waals surface area contributed by atoms with Crippen molar-refractivity contribution in [3.63, 3.8) is 0 Å². The van der Waals surface area contributed by atoms with Crippen molar-refractivity contribution < 1.29 is 24.5 Å². The number of rotatable bonds is 4. The van der Waals surface area contributed by atoms with E-state index in [1.807, 2.05) is 0 Å². The van der Waals surface area contributed by atoms with Crippen molar-refractivity contribution in [2.24, 2.45) is 0 Å². The van der Waals surface area contributed by atoms with Gasteiger partial charge in [-0.3, -0.25) is 4.79 Å². The largest absolute Gasteiger partial charge is 0.486 e. The summed E-state index contributed by atoms with van der Waals surface area (Å²) in [5.41, 5.74) is 0.541. The molecule has 0 saturated carbocycles. The zero-order chi connectivity index (χ0) is 16.4. The van der Waals surface area contributed by atoms with E-state index < -0.39 is 18.2 Å². The first-order valence-electron chi connectivity index (χ1n) is 7.51. The molecular formula is C15H20Cl2N2O5. The fourth-order valence-corrected chi connectivity index (χ4v) is 2.95. The highest BCUT2D eigenvalue weighted by molar-refractivity contribution is 6.32. The van der Waals surface area contributed by atoms with Crippen LogP contribution in [0.1, 0.15) is 18.1 Å². The van der Waals surface area contributed by atoms with Crippen LogP contribution in [0, 0.1) is 0 Å². The van der Waals surface area contributed by atoms with Gasteiger partial charge in [0.05, 0.1) is 23.3 Å². The molecule has 3 atom stereocenters. The fourth-order valence-electron chi connectivity index (χ4n) is 2.68. The monoisotopic (exact) mass is 378 g/mol. The molecule has 3 unspecified atom stereocenters. The summed E-state index contributed by atoms with van der Waals surface area (Å²) >= 11 is 6.13. The van der Waals surface area contributed by atoms with Crippen molar-refractivity contribution >= 4 is 29.9 Å². The maximum Gasteiger partial charge on any atom is 0.237 e. The Kier molecular flexibility index (Phi) is 6.54. The van der Waals surface area contributed by atoms with Gasteiger partial charge in [-0.05, 0) is 24.1 Å². The highest BCUT2D eigenvalue weighted by Crippen LogP contribution is 2.39. The number of carbonyl (C=O) groups is 1. The number of aliphatic hydroxyl groups is 2. The van der Waals surface area contributed by atoms with E-state index in [9.17, 15) is 15.0 Å². The molecule has 2 aliphatic rings. The second kappa shape index (κ2) is 8.22. The predicted molar refractivity (Wildman–Crippen MR) is 90.1 cm³/mol. The highest BCUT2D eigenvalue weighted by atomic mass is 35.5. The van der Waals surface area contributed by atoms with Gasteiger partial charge in [-0.25, -0.2) is 0 Å². The molecule has 24 heavy (non-hydrogen) atoms. The molecule has 4 N–H and O–H groups in total. The van der Waals surface area contributed by atoms with Crippen molar-refractivity contribution in [3.8, 4) is 11.5 Å². The molecule has 2 heterocycles. The van der Waals surface area contributed by atoms with E-state index in [-0.39, 0.29) is 24.9 Å². The third kappa shape index (κ3) is 4.23. The number of nitrogens with one attached hydrogen (secondary N) is 2. The summed E-state index contributed by atoms with van der Waals surface area (Å²) < 4.78 is 10.9. The van der Waals surface area contributed by atoms with Gasteiger partial charge in [0.1, 0.15) is 13.2 Å². The minimum absolute atomic E-state index is 0. The van der Waals surface area contributed by atoms with Crippen LogP contribution in [-0.4, -0.2) is 54.6 Å². The van der Waals surface area contributed by atoms with E-state index in [0.717, 1.165) is 0 Å². The molecule has 1 saturated heterocycles. The Morgan fingerprint density at radius 1 is 1.42 bits per heavy atom. The minimum atomic E-state index is -0.918. The number of ether oxygens (including phenoxy) is 2. The van der Waals surface area contributed by atoms with Gasteiger partial charge in [0.2, 0.25) is 5.91 Å². The molecule has 0 aliphatic carbocycles. The van der Waals surface area contributed by atoms with Gasteiger partial charge in [0, 0.05) is 13.1 Å². The SMILES string of the molecule is Cl.O=C(NCC(O)c1cc(Cl)c2c(c1)OCCO2)C1CC(O)CN1. The summed E-state index contributed by atoms with van der Waals surface area (Å²) in [5.74, 6) is 0.719. The quantitative estimate of drug-likeness (QED) is 0.605. The normalized spacial score (nSPS) is 23.3. The van der Waals surface area contributed by atoms with Crippen molar-refractivity contribution in [1.82, 2.24) is 10.6 Å². The third-order valence-electron chi connectivity index (χ3n) is 3.90. The summed E-state index contributed by atoms with van der Waals surface area (Å²) in [4.78, 5) is 12.0. The molecule has 134 valence electrons. The van der Waals surface area contributed by atoms with E-state index in [2.05, 4.69) is 10.6 Å². The number of β-amino-alcohol motifs (C(OH)–C–C–N with tert-alkyl or cyclic N) is 1. The van der Waals surface area contributed by atoms with Gasteiger partial charge in [-0.15, -0.1) is 12.4 Å². The van der Waals surface area contributed by atoms with Gasteiger partial charge in [0.25, 0.3) is 0 Å². The lowest BCUT2D eigenvalue weighted by Crippen LogP contribution is -2.41. The first-order valence-corrected chi connectivity index (χ1v) is 7.88. The van der Waals surface area contributed by atoms with E-state index in [4.69, 9.17) is 21.1 Å². The minimum Gasteiger partial charge on any atom is -0.486 e. The van der Waals surface area contributed by atoms with Crippen molar-refractivity contribution in [2.75, 3.05) is 26.3 Å². The molecule has 2 aliphatic heterocycles. The first-order chi connectivity index (χ1) is 11.0. The standard InChI is InChI=1S/C15H19ClN2O5.ClH/c16-10-3-8(4-13-14(10)23-2-1-22-13)12(20)7-18-15(21)11-5-9(19)6-17-11;/h3-4,9,11-12,17,19-20H,1-2,5-7H2,(H,18,21);1H. The molecule has 1 fully saturated rings. The van der Waals surface area contributed by atoms with Gasteiger partial charge in [-0.1, -0.05) is 11.6 Å². The van der Waals surface area contributed by atoms with Crippen LogP contribution in [0.3, 0.4) is 0 Å². The number of amides is 1. The average molecular weight is 379 g/mol. The Bertz CT molecular complexity index is 601. The number of halogens is 2. The van der Waals surface area contributed by atoms with E-state index in [0.29, 0.717) is 48.3 Å². The van der Waals surface area contributed by atoms with Crippen LogP contribution in [0.25, 0.3) is 0 Å². The average Bonchev–Trinajstić information content (AvgIpc) is 2.99. The number of fused-ring (bicyclic) bond motifs is 1. The fraction of sp³-hybridized carbons (Fsp3) is 0.533. The van der Waals surface area contributed by atoms with Gasteiger partial charge >= 0.3 is 0 Å². The zero-order valence-electron chi connectivity index (χ0n) is 12.8. The Morgan fingerprint density at radius 2 is 2.17 bits per heavy atom. The Hall–Kier alpha value is -1.25. The van der Waals surface area contributed by atoms with Crippen LogP contribution in [0.4, 0.5) is 0 Å². The second-order valence-electron chi connectivity index (χ2n) is 5.64. The molecule has 0 radical (unpaired) electrons. The number of hydrogen-bond acceptors (Lipinski definition) is 6. The lowest BCUT2D eigenvalue weighted by Gasteiger charge is -2.22. The van der Waals surface area contributed by atoms with Crippen LogP contribution < -0.4 is 20.1 Å². The van der Waals surface area contributed by atoms with Crippen LogP contribution in [0.2, 0.25) is 5.02 Å². The van der Waals surface area contributed by atoms with Crippen LogP contribution in [-0.2, 0) is 4.79 Å². The molecule has 0 spiro atoms. The van der Waals surface area contributed by atoms with Crippen molar-refractivity contribution in [2.45, 2.75) is 24.7 Å². The number of carbonyl (C=O) groups excluding carboxylic acids is 1. The molecule has 0 aromatic heterocycles. The smallest absolute Gasteiger partial charge is 0.237 e. The van der Waals surface area contributed by atoms with Crippen LogP contribution >= 0.6 is 24.0 Å². The number of aliphatic hydroxyl groups excluding tert-OH is 2. The second-order valence-corrected chi connectivity index (χ2v) is 6.05. The maximum atomic E-state index is 12.0.